The van der Waals surface area contributed by atoms with Crippen LogP contribution in [0.1, 0.15) is 17.8 Å². The molecular formula is C11H13N5O. The van der Waals surface area contributed by atoms with Crippen LogP contribution in [-0.2, 0) is 4.79 Å². The fourth-order valence-electron chi connectivity index (χ4n) is 1.89. The smallest absolute Gasteiger partial charge is 0.228 e. The highest BCUT2D eigenvalue weighted by atomic mass is 16.2. The van der Waals surface area contributed by atoms with E-state index in [0.29, 0.717) is 36.7 Å². The molecule has 1 atom stereocenters. The lowest BCUT2D eigenvalue weighted by atomic mass is 10.1. The second-order valence-electron chi connectivity index (χ2n) is 4.08. The van der Waals surface area contributed by atoms with Gasteiger partial charge in [0.1, 0.15) is 17.5 Å². The number of hydrogen-bond acceptors (Lipinski definition) is 5. The van der Waals surface area contributed by atoms with E-state index in [-0.39, 0.29) is 11.8 Å². The summed E-state index contributed by atoms with van der Waals surface area (Å²) in [5, 5.41) is 8.99. The van der Waals surface area contributed by atoms with Gasteiger partial charge in [-0.3, -0.25) is 9.69 Å². The quantitative estimate of drug-likeness (QED) is 0.771. The maximum atomic E-state index is 11.8. The summed E-state index contributed by atoms with van der Waals surface area (Å²) in [4.78, 5) is 21.5. The second kappa shape index (κ2) is 4.47. The van der Waals surface area contributed by atoms with Crippen LogP contribution in [0.25, 0.3) is 0 Å². The topological polar surface area (TPSA) is 95.9 Å². The van der Waals surface area contributed by atoms with Crippen LogP contribution in [-0.4, -0.2) is 29.0 Å². The zero-order valence-electron chi connectivity index (χ0n) is 9.55. The molecule has 1 aromatic heterocycles. The first-order chi connectivity index (χ1) is 8.15. The molecule has 2 heterocycles. The summed E-state index contributed by atoms with van der Waals surface area (Å²) in [6.07, 6.45) is 1.87. The van der Waals surface area contributed by atoms with Crippen LogP contribution < -0.4 is 10.6 Å². The molecular weight excluding hydrogens is 218 g/mol. The summed E-state index contributed by atoms with van der Waals surface area (Å²) in [5.41, 5.74) is 5.88. The highest BCUT2D eigenvalue weighted by Crippen LogP contribution is 2.25. The molecule has 6 heteroatoms. The molecule has 1 fully saturated rings. The highest BCUT2D eigenvalue weighted by molar-refractivity contribution is 5.95. The number of carbonyl (C=O) groups excluding carboxylic acids is 1. The summed E-state index contributed by atoms with van der Waals surface area (Å²) in [6.45, 7) is 2.72. The fourth-order valence-corrected chi connectivity index (χ4v) is 1.89. The van der Waals surface area contributed by atoms with E-state index in [4.69, 9.17) is 11.0 Å². The molecule has 0 aliphatic carbocycles. The lowest BCUT2D eigenvalue weighted by Gasteiger charge is -2.16. The van der Waals surface area contributed by atoms with Crippen molar-refractivity contribution in [1.82, 2.24) is 9.97 Å². The van der Waals surface area contributed by atoms with Crippen molar-refractivity contribution in [1.29, 1.82) is 5.26 Å². The first-order valence-electron chi connectivity index (χ1n) is 5.40. The van der Waals surface area contributed by atoms with E-state index in [0.717, 1.165) is 0 Å². The van der Waals surface area contributed by atoms with Crippen molar-refractivity contribution < 1.29 is 4.79 Å². The summed E-state index contributed by atoms with van der Waals surface area (Å²) in [6, 6.07) is 2.00. The Morgan fingerprint density at radius 3 is 3.06 bits per heavy atom. The molecule has 17 heavy (non-hydrogen) atoms. The number of nitrogens with two attached hydrogens (primary N) is 1. The van der Waals surface area contributed by atoms with Crippen molar-refractivity contribution >= 4 is 11.7 Å². The molecule has 1 aromatic rings. The molecule has 0 spiro atoms. The lowest BCUT2D eigenvalue weighted by Crippen LogP contribution is -2.27. The van der Waals surface area contributed by atoms with Crippen LogP contribution in [0.3, 0.4) is 0 Å². The molecule has 1 aliphatic heterocycles. The Kier molecular flexibility index (Phi) is 3.02. The van der Waals surface area contributed by atoms with Gasteiger partial charge in [-0.2, -0.15) is 5.26 Å². The van der Waals surface area contributed by atoms with E-state index in [1.54, 1.807) is 6.92 Å². The van der Waals surface area contributed by atoms with Gasteiger partial charge in [0.15, 0.2) is 5.82 Å². The van der Waals surface area contributed by atoms with Gasteiger partial charge in [0.2, 0.25) is 5.91 Å². The Balaban J connectivity index is 2.37. The van der Waals surface area contributed by atoms with E-state index < -0.39 is 0 Å². The Bertz CT molecular complexity index is 493. The minimum atomic E-state index is -0.0324. The van der Waals surface area contributed by atoms with Gasteiger partial charge in [-0.25, -0.2) is 9.97 Å². The summed E-state index contributed by atoms with van der Waals surface area (Å²) in [7, 11) is 0. The van der Waals surface area contributed by atoms with Gasteiger partial charge in [0.25, 0.3) is 0 Å². The number of anilines is 1. The van der Waals surface area contributed by atoms with Crippen LogP contribution >= 0.6 is 0 Å². The van der Waals surface area contributed by atoms with Crippen molar-refractivity contribution in [2.45, 2.75) is 13.3 Å². The number of nitriles is 1. The second-order valence-corrected chi connectivity index (χ2v) is 4.08. The van der Waals surface area contributed by atoms with Crippen LogP contribution in [0.2, 0.25) is 0 Å². The van der Waals surface area contributed by atoms with Crippen molar-refractivity contribution in [3.8, 4) is 6.07 Å². The lowest BCUT2D eigenvalue weighted by molar-refractivity contribution is -0.117. The van der Waals surface area contributed by atoms with Gasteiger partial charge < -0.3 is 5.73 Å². The van der Waals surface area contributed by atoms with Gasteiger partial charge in [-0.1, -0.05) is 0 Å². The van der Waals surface area contributed by atoms with Gasteiger partial charge in [-0.05, 0) is 19.4 Å². The third-order valence-electron chi connectivity index (χ3n) is 2.80. The van der Waals surface area contributed by atoms with Crippen LogP contribution in [0, 0.1) is 24.2 Å². The van der Waals surface area contributed by atoms with Gasteiger partial charge >= 0.3 is 0 Å². The zero-order valence-corrected chi connectivity index (χ0v) is 9.55. The summed E-state index contributed by atoms with van der Waals surface area (Å²) in [5.74, 6) is 1.06. The van der Waals surface area contributed by atoms with Crippen molar-refractivity contribution in [3.05, 3.63) is 17.6 Å². The molecule has 2 rings (SSSR count). The first-order valence-corrected chi connectivity index (χ1v) is 5.40. The van der Waals surface area contributed by atoms with E-state index in [1.165, 1.54) is 11.1 Å². The number of amides is 1. The SMILES string of the molecule is Cc1ncc(C#N)c(N2CC(CN)CC2=O)n1. The molecule has 0 aromatic carbocycles. The number of carbonyl (C=O) groups is 1. The third-order valence-corrected chi connectivity index (χ3v) is 2.80. The van der Waals surface area contributed by atoms with Crippen molar-refractivity contribution in [2.24, 2.45) is 11.7 Å². The maximum absolute atomic E-state index is 11.8. The predicted octanol–water partition coefficient (Wildman–Crippen LogP) is -0.0317. The van der Waals surface area contributed by atoms with E-state index in [9.17, 15) is 4.79 Å². The molecule has 6 nitrogen and oxygen atoms in total. The van der Waals surface area contributed by atoms with E-state index in [1.807, 2.05) is 6.07 Å². The summed E-state index contributed by atoms with van der Waals surface area (Å²) >= 11 is 0. The number of rotatable bonds is 2. The molecule has 1 amide bonds. The number of aryl methyl sites for hydroxylation is 1. The third kappa shape index (κ3) is 2.10. The molecule has 88 valence electrons. The molecule has 0 bridgehead atoms. The normalized spacial score (nSPS) is 19.5. The van der Waals surface area contributed by atoms with E-state index >= 15 is 0 Å². The maximum Gasteiger partial charge on any atom is 0.228 e. The minimum Gasteiger partial charge on any atom is -0.330 e. The fraction of sp³-hybridized carbons (Fsp3) is 0.455. The first kappa shape index (κ1) is 11.5. The Hall–Kier alpha value is -2.00. The van der Waals surface area contributed by atoms with Crippen molar-refractivity contribution in [2.75, 3.05) is 18.0 Å². The van der Waals surface area contributed by atoms with Gasteiger partial charge in [-0.15, -0.1) is 0 Å². The Morgan fingerprint density at radius 2 is 2.47 bits per heavy atom. The standard InChI is InChI=1S/C11H13N5O/c1-7-14-5-9(4-13)11(15-7)16-6-8(3-12)2-10(16)17/h5,8H,2-3,6,12H2,1H3. The van der Waals surface area contributed by atoms with Crippen LogP contribution in [0.4, 0.5) is 5.82 Å². The molecule has 0 radical (unpaired) electrons. The molecule has 2 N–H and O–H groups in total. The molecule has 0 saturated carbocycles. The average Bonchev–Trinajstić information content (AvgIpc) is 2.70. The number of hydrogen-bond donors (Lipinski definition) is 1. The zero-order chi connectivity index (χ0) is 12.4. The van der Waals surface area contributed by atoms with Crippen molar-refractivity contribution in [3.63, 3.8) is 0 Å². The number of nitrogens with zero attached hydrogens (tertiary/aromatic N) is 4. The largest absolute Gasteiger partial charge is 0.330 e. The van der Waals surface area contributed by atoms with Gasteiger partial charge in [0, 0.05) is 13.0 Å². The van der Waals surface area contributed by atoms with Crippen LogP contribution in [0.15, 0.2) is 6.20 Å². The number of aromatic nitrogens is 2. The van der Waals surface area contributed by atoms with Gasteiger partial charge in [0.05, 0.1) is 6.20 Å². The minimum absolute atomic E-state index is 0.0324. The monoisotopic (exact) mass is 231 g/mol. The Labute approximate surface area is 99.1 Å². The molecule has 1 aliphatic rings. The highest BCUT2D eigenvalue weighted by Gasteiger charge is 2.32. The van der Waals surface area contributed by atoms with E-state index in [2.05, 4.69) is 9.97 Å². The van der Waals surface area contributed by atoms with Crippen LogP contribution in [0.5, 0.6) is 0 Å². The predicted molar refractivity (Wildman–Crippen MR) is 61.0 cm³/mol. The molecule has 1 saturated heterocycles. The summed E-state index contributed by atoms with van der Waals surface area (Å²) < 4.78 is 0. The Morgan fingerprint density at radius 1 is 1.71 bits per heavy atom. The average molecular weight is 231 g/mol. The molecule has 1 unspecified atom stereocenters.